The first-order chi connectivity index (χ1) is 5.34. The van der Waals surface area contributed by atoms with Gasteiger partial charge in [0.2, 0.25) is 0 Å². The van der Waals surface area contributed by atoms with Gasteiger partial charge in [0.25, 0.3) is 0 Å². The van der Waals surface area contributed by atoms with Crippen LogP contribution < -0.4 is 0 Å². The maximum Gasteiger partial charge on any atom is 0.311 e. The Hall–Kier alpha value is -0.570. The van der Waals surface area contributed by atoms with Gasteiger partial charge in [-0.1, -0.05) is 20.8 Å². The molecule has 0 bridgehead atoms. The second kappa shape index (κ2) is 2.73. The third-order valence-electron chi connectivity index (χ3n) is 2.29. The van der Waals surface area contributed by atoms with E-state index < -0.39 is 6.10 Å². The molecule has 0 spiro atoms. The molecule has 1 N–H and O–H groups in total. The molecule has 1 aliphatic heterocycles. The predicted octanol–water partition coefficient (Wildman–Crippen LogP) is 0.955. The first-order valence-electron chi connectivity index (χ1n) is 4.22. The molecule has 0 aromatic carbocycles. The molecule has 1 rings (SSSR count). The number of aliphatic hydroxyl groups excluding tert-OH is 1. The first-order valence-corrected chi connectivity index (χ1v) is 4.22. The van der Waals surface area contributed by atoms with Crippen molar-refractivity contribution in [3.63, 3.8) is 0 Å². The lowest BCUT2D eigenvalue weighted by Gasteiger charge is -2.27. The summed E-state index contributed by atoms with van der Waals surface area (Å²) in [6.07, 6.45) is -1.02. The SMILES string of the molecule is C[C@@H]1C(=O)O[C@@H](C(C)(C)C)[C@H]1O. The maximum absolute atomic E-state index is 11.1. The van der Waals surface area contributed by atoms with Crippen LogP contribution in [0.3, 0.4) is 0 Å². The third-order valence-corrected chi connectivity index (χ3v) is 2.29. The molecule has 1 aliphatic rings. The van der Waals surface area contributed by atoms with Gasteiger partial charge in [0, 0.05) is 5.41 Å². The van der Waals surface area contributed by atoms with Gasteiger partial charge in [-0.2, -0.15) is 0 Å². The summed E-state index contributed by atoms with van der Waals surface area (Å²) in [6.45, 7) is 7.54. The Morgan fingerprint density at radius 2 is 1.92 bits per heavy atom. The fourth-order valence-electron chi connectivity index (χ4n) is 1.39. The molecule has 0 radical (unpaired) electrons. The van der Waals surface area contributed by atoms with E-state index in [4.69, 9.17) is 4.74 Å². The van der Waals surface area contributed by atoms with Crippen LogP contribution >= 0.6 is 0 Å². The highest BCUT2D eigenvalue weighted by Gasteiger charge is 2.46. The lowest BCUT2D eigenvalue weighted by atomic mass is 9.84. The first kappa shape index (κ1) is 9.52. The molecule has 70 valence electrons. The van der Waals surface area contributed by atoms with E-state index in [1.807, 2.05) is 20.8 Å². The van der Waals surface area contributed by atoms with Crippen LogP contribution in [0.2, 0.25) is 0 Å². The summed E-state index contributed by atoms with van der Waals surface area (Å²) >= 11 is 0. The summed E-state index contributed by atoms with van der Waals surface area (Å²) in [4.78, 5) is 11.1. The Bertz CT molecular complexity index is 192. The number of hydrogen-bond acceptors (Lipinski definition) is 3. The van der Waals surface area contributed by atoms with Gasteiger partial charge in [-0.3, -0.25) is 4.79 Å². The number of aliphatic hydroxyl groups is 1. The molecule has 12 heavy (non-hydrogen) atoms. The van der Waals surface area contributed by atoms with Gasteiger partial charge in [-0.15, -0.1) is 0 Å². The quantitative estimate of drug-likeness (QED) is 0.553. The maximum atomic E-state index is 11.1. The Kier molecular flexibility index (Phi) is 2.17. The Morgan fingerprint density at radius 3 is 2.08 bits per heavy atom. The molecule has 0 unspecified atom stereocenters. The van der Waals surface area contributed by atoms with E-state index in [1.54, 1.807) is 6.92 Å². The topological polar surface area (TPSA) is 46.5 Å². The van der Waals surface area contributed by atoms with Gasteiger partial charge in [-0.05, 0) is 6.92 Å². The highest BCUT2D eigenvalue weighted by atomic mass is 16.6. The molecule has 3 nitrogen and oxygen atoms in total. The smallest absolute Gasteiger partial charge is 0.311 e. The van der Waals surface area contributed by atoms with Crippen molar-refractivity contribution in [2.24, 2.45) is 11.3 Å². The molecule has 0 saturated carbocycles. The van der Waals surface area contributed by atoms with Crippen molar-refractivity contribution < 1.29 is 14.6 Å². The van der Waals surface area contributed by atoms with Crippen LogP contribution in [0.1, 0.15) is 27.7 Å². The van der Waals surface area contributed by atoms with Crippen molar-refractivity contribution in [2.45, 2.75) is 39.9 Å². The van der Waals surface area contributed by atoms with E-state index in [0.717, 1.165) is 0 Å². The number of esters is 1. The third kappa shape index (κ3) is 1.46. The molecule has 0 aromatic heterocycles. The van der Waals surface area contributed by atoms with Gasteiger partial charge in [0.05, 0.1) is 5.92 Å². The molecular formula is C9H16O3. The number of rotatable bonds is 0. The zero-order valence-corrected chi connectivity index (χ0v) is 8.00. The molecule has 0 amide bonds. The zero-order chi connectivity index (χ0) is 9.52. The fraction of sp³-hybridized carbons (Fsp3) is 0.889. The van der Waals surface area contributed by atoms with Crippen molar-refractivity contribution in [1.82, 2.24) is 0 Å². The highest BCUT2D eigenvalue weighted by Crippen LogP contribution is 2.33. The summed E-state index contributed by atoms with van der Waals surface area (Å²) in [5, 5.41) is 9.62. The number of carbonyl (C=O) groups excluding carboxylic acids is 1. The van der Waals surface area contributed by atoms with Crippen LogP contribution in [0.5, 0.6) is 0 Å². The van der Waals surface area contributed by atoms with Crippen LogP contribution in [0.15, 0.2) is 0 Å². The van der Waals surface area contributed by atoms with Gasteiger partial charge in [-0.25, -0.2) is 0 Å². The van der Waals surface area contributed by atoms with E-state index in [0.29, 0.717) is 0 Å². The molecule has 1 saturated heterocycles. The highest BCUT2D eigenvalue weighted by molar-refractivity contribution is 5.75. The second-order valence-electron chi connectivity index (χ2n) is 4.50. The van der Waals surface area contributed by atoms with Gasteiger partial charge in [0.15, 0.2) is 0 Å². The lowest BCUT2D eigenvalue weighted by molar-refractivity contribution is -0.147. The Balaban J connectivity index is 2.78. The van der Waals surface area contributed by atoms with E-state index >= 15 is 0 Å². The van der Waals surface area contributed by atoms with E-state index in [2.05, 4.69) is 0 Å². The van der Waals surface area contributed by atoms with Gasteiger partial charge in [0.1, 0.15) is 12.2 Å². The monoisotopic (exact) mass is 172 g/mol. The molecule has 1 heterocycles. The van der Waals surface area contributed by atoms with Gasteiger partial charge < -0.3 is 9.84 Å². The fourth-order valence-corrected chi connectivity index (χ4v) is 1.39. The van der Waals surface area contributed by atoms with Crippen LogP contribution in [0.25, 0.3) is 0 Å². The van der Waals surface area contributed by atoms with Crippen LogP contribution in [-0.4, -0.2) is 23.3 Å². The summed E-state index contributed by atoms with van der Waals surface area (Å²) in [7, 11) is 0. The van der Waals surface area contributed by atoms with Crippen molar-refractivity contribution in [1.29, 1.82) is 0 Å². The number of cyclic esters (lactones) is 1. The summed E-state index contributed by atoms with van der Waals surface area (Å²) in [5.74, 6) is -0.670. The largest absolute Gasteiger partial charge is 0.459 e. The Morgan fingerprint density at radius 1 is 1.42 bits per heavy atom. The van der Waals surface area contributed by atoms with Crippen molar-refractivity contribution in [3.8, 4) is 0 Å². The minimum atomic E-state index is -0.655. The lowest BCUT2D eigenvalue weighted by Crippen LogP contribution is -2.36. The Labute approximate surface area is 72.7 Å². The average Bonchev–Trinajstić information content (AvgIpc) is 2.15. The van der Waals surface area contributed by atoms with Gasteiger partial charge >= 0.3 is 5.97 Å². The molecule has 1 fully saturated rings. The molecular weight excluding hydrogens is 156 g/mol. The molecule has 0 aliphatic carbocycles. The number of hydrogen-bond donors (Lipinski definition) is 1. The van der Waals surface area contributed by atoms with Crippen molar-refractivity contribution in [2.75, 3.05) is 0 Å². The minimum Gasteiger partial charge on any atom is -0.459 e. The number of ether oxygens (including phenoxy) is 1. The van der Waals surface area contributed by atoms with E-state index in [1.165, 1.54) is 0 Å². The average molecular weight is 172 g/mol. The summed E-state index contributed by atoms with van der Waals surface area (Å²) in [6, 6.07) is 0. The molecule has 3 heteroatoms. The second-order valence-corrected chi connectivity index (χ2v) is 4.50. The van der Waals surface area contributed by atoms with Crippen LogP contribution in [0, 0.1) is 11.3 Å². The zero-order valence-electron chi connectivity index (χ0n) is 8.00. The normalized spacial score (nSPS) is 36.8. The predicted molar refractivity (Wildman–Crippen MR) is 44.5 cm³/mol. The van der Waals surface area contributed by atoms with E-state index in [-0.39, 0.29) is 23.4 Å². The van der Waals surface area contributed by atoms with Crippen LogP contribution in [-0.2, 0) is 9.53 Å². The summed E-state index contributed by atoms with van der Waals surface area (Å²) < 4.78 is 5.06. The van der Waals surface area contributed by atoms with E-state index in [9.17, 15) is 9.90 Å². The standard InChI is InChI=1S/C9H16O3/c1-5-6(10)7(9(2,3)4)12-8(5)11/h5-7,10H,1-4H3/t5-,6-,7+/m0/s1. The molecule has 3 atom stereocenters. The summed E-state index contributed by atoms with van der Waals surface area (Å²) in [5.41, 5.74) is -0.181. The van der Waals surface area contributed by atoms with Crippen molar-refractivity contribution >= 4 is 5.97 Å². The number of carbonyl (C=O) groups is 1. The van der Waals surface area contributed by atoms with Crippen LogP contribution in [0.4, 0.5) is 0 Å². The van der Waals surface area contributed by atoms with Crippen molar-refractivity contribution in [3.05, 3.63) is 0 Å². The molecule has 0 aromatic rings. The minimum absolute atomic E-state index is 0.181.